The maximum Gasteiger partial charge on any atom is 0.337 e. The molecule has 0 amide bonds. The van der Waals surface area contributed by atoms with Gasteiger partial charge in [-0.05, 0) is 29.8 Å². The number of rotatable bonds is 6. The number of nitrogens with one attached hydrogen (secondary N) is 2. The van der Waals surface area contributed by atoms with Gasteiger partial charge in [-0.3, -0.25) is 14.8 Å². The number of hydrogen-bond acceptors (Lipinski definition) is 6. The molecule has 0 radical (unpaired) electrons. The van der Waals surface area contributed by atoms with Gasteiger partial charge in [-0.25, -0.2) is 13.2 Å². The molecule has 134 valence electrons. The van der Waals surface area contributed by atoms with E-state index in [1.165, 1.54) is 25.4 Å². The summed E-state index contributed by atoms with van der Waals surface area (Å²) in [5.41, 5.74) is 2.26. The zero-order valence-corrected chi connectivity index (χ0v) is 14.7. The van der Waals surface area contributed by atoms with Crippen LogP contribution in [0.25, 0.3) is 11.4 Å². The van der Waals surface area contributed by atoms with E-state index in [4.69, 9.17) is 0 Å². The minimum atomic E-state index is -3.68. The smallest absolute Gasteiger partial charge is 0.337 e. The van der Waals surface area contributed by atoms with Crippen molar-refractivity contribution in [3.05, 3.63) is 66.0 Å². The Balaban J connectivity index is 1.76. The molecule has 2 aromatic heterocycles. The summed E-state index contributed by atoms with van der Waals surface area (Å²) in [5, 5.41) is 6.63. The lowest BCUT2D eigenvalue weighted by atomic mass is 10.1. The molecule has 0 aliphatic rings. The van der Waals surface area contributed by atoms with E-state index >= 15 is 0 Å². The highest BCUT2D eigenvalue weighted by molar-refractivity contribution is 7.91. The summed E-state index contributed by atoms with van der Waals surface area (Å²) < 4.78 is 32.0. The Labute approximate surface area is 150 Å². The monoisotopic (exact) mass is 372 g/mol. The number of H-pyrrole nitrogens is 1. The van der Waals surface area contributed by atoms with Crippen molar-refractivity contribution in [1.29, 1.82) is 0 Å². The van der Waals surface area contributed by atoms with Crippen LogP contribution in [-0.4, -0.2) is 36.7 Å². The number of aromatic nitrogens is 3. The van der Waals surface area contributed by atoms with Gasteiger partial charge in [-0.1, -0.05) is 18.2 Å². The van der Waals surface area contributed by atoms with Gasteiger partial charge in [0.05, 0.1) is 36.0 Å². The summed E-state index contributed by atoms with van der Waals surface area (Å²) in [5.74, 6) is -0.725. The van der Waals surface area contributed by atoms with Crippen LogP contribution >= 0.6 is 0 Å². The number of pyridine rings is 1. The van der Waals surface area contributed by atoms with Crippen LogP contribution < -0.4 is 4.72 Å². The summed E-state index contributed by atoms with van der Waals surface area (Å²) in [6.45, 7) is 0. The van der Waals surface area contributed by atoms with Crippen LogP contribution in [0.3, 0.4) is 0 Å². The molecule has 0 unspecified atom stereocenters. The predicted octanol–water partition coefficient (Wildman–Crippen LogP) is 2.20. The Kier molecular flexibility index (Phi) is 4.99. The van der Waals surface area contributed by atoms with E-state index in [0.717, 1.165) is 0 Å². The van der Waals surface area contributed by atoms with Gasteiger partial charge in [0.15, 0.2) is 0 Å². The third-order valence-electron chi connectivity index (χ3n) is 3.56. The molecule has 2 heterocycles. The van der Waals surface area contributed by atoms with Crippen LogP contribution in [0, 0.1) is 0 Å². The van der Waals surface area contributed by atoms with Crippen molar-refractivity contribution in [2.24, 2.45) is 0 Å². The van der Waals surface area contributed by atoms with Crippen molar-refractivity contribution in [3.63, 3.8) is 0 Å². The number of carbonyl (C=O) groups excluding carboxylic acids is 1. The second kappa shape index (κ2) is 7.36. The number of sulfonamides is 1. The van der Waals surface area contributed by atoms with Gasteiger partial charge in [0.1, 0.15) is 5.69 Å². The summed E-state index contributed by atoms with van der Waals surface area (Å²) in [6.07, 6.45) is 3.00. The van der Waals surface area contributed by atoms with Crippen LogP contribution in [-0.2, 0) is 20.5 Å². The largest absolute Gasteiger partial charge is 0.465 e. The van der Waals surface area contributed by atoms with Gasteiger partial charge >= 0.3 is 5.97 Å². The van der Waals surface area contributed by atoms with Crippen molar-refractivity contribution < 1.29 is 17.9 Å². The number of anilines is 1. The predicted molar refractivity (Wildman–Crippen MR) is 95.8 cm³/mol. The highest BCUT2D eigenvalue weighted by atomic mass is 32.2. The molecular weight excluding hydrogens is 356 g/mol. The molecule has 0 bridgehead atoms. The normalized spacial score (nSPS) is 11.1. The zero-order valence-electron chi connectivity index (χ0n) is 13.8. The van der Waals surface area contributed by atoms with Gasteiger partial charge < -0.3 is 4.74 Å². The number of ether oxygens (including phenoxy) is 1. The van der Waals surface area contributed by atoms with Crippen LogP contribution in [0.4, 0.5) is 5.69 Å². The third-order valence-corrected chi connectivity index (χ3v) is 4.80. The second-order valence-electron chi connectivity index (χ2n) is 5.42. The summed E-state index contributed by atoms with van der Waals surface area (Å²) >= 11 is 0. The molecule has 0 aliphatic heterocycles. The molecule has 3 aromatic rings. The first-order chi connectivity index (χ1) is 12.5. The number of methoxy groups -OCH3 is 1. The van der Waals surface area contributed by atoms with Crippen LogP contribution in [0.5, 0.6) is 0 Å². The Bertz CT molecular complexity index is 999. The Morgan fingerprint density at radius 3 is 2.62 bits per heavy atom. The van der Waals surface area contributed by atoms with Gasteiger partial charge in [0.2, 0.25) is 10.0 Å². The molecule has 0 aliphatic carbocycles. The van der Waals surface area contributed by atoms with Crippen molar-refractivity contribution in [1.82, 2.24) is 15.2 Å². The quantitative estimate of drug-likeness (QED) is 0.641. The van der Waals surface area contributed by atoms with Crippen LogP contribution in [0.2, 0.25) is 0 Å². The lowest BCUT2D eigenvalue weighted by Crippen LogP contribution is -2.15. The summed E-state index contributed by atoms with van der Waals surface area (Å²) in [7, 11) is -2.39. The SMILES string of the molecule is COC(=O)c1ccc(CS(=O)(=O)Nc2cn[nH]c2-c2ccccn2)cc1. The Morgan fingerprint density at radius 2 is 1.96 bits per heavy atom. The number of nitrogens with zero attached hydrogens (tertiary/aromatic N) is 2. The van der Waals surface area contributed by atoms with Crippen molar-refractivity contribution in [3.8, 4) is 11.4 Å². The van der Waals surface area contributed by atoms with E-state index < -0.39 is 16.0 Å². The number of carbonyl (C=O) groups is 1. The van der Waals surface area contributed by atoms with E-state index in [9.17, 15) is 13.2 Å². The molecule has 2 N–H and O–H groups in total. The molecule has 0 saturated heterocycles. The average Bonchev–Trinajstić information content (AvgIpc) is 3.09. The fourth-order valence-electron chi connectivity index (χ4n) is 2.35. The first-order valence-electron chi connectivity index (χ1n) is 7.61. The van der Waals surface area contributed by atoms with E-state index in [2.05, 4.69) is 24.6 Å². The molecular formula is C17H16N4O4S. The first kappa shape index (κ1) is 17.6. The van der Waals surface area contributed by atoms with Gasteiger partial charge in [0, 0.05) is 6.20 Å². The molecule has 0 atom stereocenters. The lowest BCUT2D eigenvalue weighted by molar-refractivity contribution is 0.0600. The fraction of sp³-hybridized carbons (Fsp3) is 0.118. The molecule has 0 saturated carbocycles. The minimum absolute atomic E-state index is 0.249. The van der Waals surface area contributed by atoms with E-state index in [0.29, 0.717) is 28.2 Å². The van der Waals surface area contributed by atoms with E-state index in [-0.39, 0.29) is 5.75 Å². The molecule has 1 aromatic carbocycles. The summed E-state index contributed by atoms with van der Waals surface area (Å²) in [6, 6.07) is 11.5. The fourth-order valence-corrected chi connectivity index (χ4v) is 3.54. The Hall–Kier alpha value is -3.20. The zero-order chi connectivity index (χ0) is 18.6. The standard InChI is InChI=1S/C17H16N4O4S/c1-25-17(22)13-7-5-12(6-8-13)11-26(23,24)21-15-10-19-20-16(15)14-4-2-3-9-18-14/h2-10,21H,11H2,1H3,(H,19,20). The minimum Gasteiger partial charge on any atom is -0.465 e. The van der Waals surface area contributed by atoms with Crippen LogP contribution in [0.1, 0.15) is 15.9 Å². The van der Waals surface area contributed by atoms with Gasteiger partial charge in [-0.15, -0.1) is 0 Å². The van der Waals surface area contributed by atoms with Crippen molar-refractivity contribution in [2.45, 2.75) is 5.75 Å². The summed E-state index contributed by atoms with van der Waals surface area (Å²) in [4.78, 5) is 15.6. The molecule has 9 heteroatoms. The van der Waals surface area contributed by atoms with Gasteiger partial charge in [-0.2, -0.15) is 5.10 Å². The highest BCUT2D eigenvalue weighted by Gasteiger charge is 2.17. The molecule has 8 nitrogen and oxygen atoms in total. The van der Waals surface area contributed by atoms with Crippen LogP contribution in [0.15, 0.2) is 54.9 Å². The average molecular weight is 372 g/mol. The van der Waals surface area contributed by atoms with Gasteiger partial charge in [0.25, 0.3) is 0 Å². The number of aromatic amines is 1. The topological polar surface area (TPSA) is 114 Å². The van der Waals surface area contributed by atoms with E-state index in [1.807, 2.05) is 0 Å². The maximum absolute atomic E-state index is 12.5. The van der Waals surface area contributed by atoms with Crippen molar-refractivity contribution in [2.75, 3.05) is 11.8 Å². The number of esters is 1. The lowest BCUT2D eigenvalue weighted by Gasteiger charge is -2.08. The second-order valence-corrected chi connectivity index (χ2v) is 7.15. The molecule has 3 rings (SSSR count). The molecule has 26 heavy (non-hydrogen) atoms. The first-order valence-corrected chi connectivity index (χ1v) is 9.26. The third kappa shape index (κ3) is 4.06. The molecule has 0 spiro atoms. The van der Waals surface area contributed by atoms with Crippen molar-refractivity contribution >= 4 is 21.7 Å². The number of benzene rings is 1. The van der Waals surface area contributed by atoms with E-state index in [1.54, 1.807) is 36.5 Å². The number of hydrogen-bond donors (Lipinski definition) is 2. The maximum atomic E-state index is 12.5. The Morgan fingerprint density at radius 1 is 1.19 bits per heavy atom. The highest BCUT2D eigenvalue weighted by Crippen LogP contribution is 2.24. The molecule has 0 fully saturated rings.